The number of anilines is 1. The summed E-state index contributed by atoms with van der Waals surface area (Å²) < 4.78 is 4.53. The van der Waals surface area contributed by atoms with Gasteiger partial charge in [-0.3, -0.25) is 10.9 Å². The van der Waals surface area contributed by atoms with Gasteiger partial charge in [0.15, 0.2) is 5.82 Å². The van der Waals surface area contributed by atoms with Crippen LogP contribution in [0.4, 0.5) is 5.82 Å². The smallest absolute Gasteiger partial charge is 0.191 e. The fourth-order valence-electron chi connectivity index (χ4n) is 1.40. The Bertz CT molecular complexity index is 273. The SMILES string of the molecule is CC1NNCC1c1nonc1N. The van der Waals surface area contributed by atoms with Gasteiger partial charge in [0.05, 0.1) is 0 Å². The normalized spacial score (nSPS) is 29.4. The van der Waals surface area contributed by atoms with Crippen LogP contribution in [0.3, 0.4) is 0 Å². The van der Waals surface area contributed by atoms with Crippen molar-refractivity contribution in [1.82, 2.24) is 21.2 Å². The van der Waals surface area contributed by atoms with E-state index in [1.54, 1.807) is 0 Å². The monoisotopic (exact) mass is 169 g/mol. The zero-order valence-electron chi connectivity index (χ0n) is 6.74. The van der Waals surface area contributed by atoms with Crippen molar-refractivity contribution in [3.8, 4) is 0 Å². The minimum Gasteiger partial charge on any atom is -0.379 e. The van der Waals surface area contributed by atoms with Crippen molar-refractivity contribution in [3.05, 3.63) is 5.69 Å². The van der Waals surface area contributed by atoms with E-state index in [0.717, 1.165) is 12.2 Å². The van der Waals surface area contributed by atoms with Crippen molar-refractivity contribution in [2.45, 2.75) is 18.9 Å². The van der Waals surface area contributed by atoms with E-state index in [9.17, 15) is 0 Å². The summed E-state index contributed by atoms with van der Waals surface area (Å²) in [4.78, 5) is 0. The molecule has 0 aliphatic carbocycles. The first-order chi connectivity index (χ1) is 5.79. The lowest BCUT2D eigenvalue weighted by Crippen LogP contribution is -2.28. The van der Waals surface area contributed by atoms with Crippen molar-refractivity contribution in [3.63, 3.8) is 0 Å². The van der Waals surface area contributed by atoms with Crippen LogP contribution in [0.1, 0.15) is 18.5 Å². The van der Waals surface area contributed by atoms with Gasteiger partial charge in [-0.15, -0.1) is 0 Å². The summed E-state index contributed by atoms with van der Waals surface area (Å²) in [5.41, 5.74) is 12.4. The Labute approximate surface area is 69.4 Å². The third-order valence-electron chi connectivity index (χ3n) is 2.15. The molecule has 1 saturated heterocycles. The van der Waals surface area contributed by atoms with Gasteiger partial charge in [0.25, 0.3) is 0 Å². The molecule has 0 bridgehead atoms. The predicted octanol–water partition coefficient (Wildman–Crippen LogP) is -0.768. The molecule has 0 aromatic carbocycles. The van der Waals surface area contributed by atoms with Gasteiger partial charge in [-0.05, 0) is 12.1 Å². The van der Waals surface area contributed by atoms with Crippen LogP contribution in [0.2, 0.25) is 0 Å². The van der Waals surface area contributed by atoms with Crippen LogP contribution in [-0.4, -0.2) is 22.9 Å². The third-order valence-corrected chi connectivity index (χ3v) is 2.15. The minimum atomic E-state index is 0.247. The highest BCUT2D eigenvalue weighted by Crippen LogP contribution is 2.23. The Morgan fingerprint density at radius 2 is 2.42 bits per heavy atom. The highest BCUT2D eigenvalue weighted by atomic mass is 16.6. The first-order valence-corrected chi connectivity index (χ1v) is 3.85. The zero-order chi connectivity index (χ0) is 8.55. The number of aromatic nitrogens is 2. The van der Waals surface area contributed by atoms with Gasteiger partial charge in [0, 0.05) is 18.5 Å². The van der Waals surface area contributed by atoms with E-state index >= 15 is 0 Å². The maximum Gasteiger partial charge on any atom is 0.191 e. The summed E-state index contributed by atoms with van der Waals surface area (Å²) in [6.45, 7) is 2.86. The number of nitrogens with two attached hydrogens (primary N) is 1. The molecule has 6 nitrogen and oxygen atoms in total. The van der Waals surface area contributed by atoms with Crippen LogP contribution in [0, 0.1) is 0 Å². The van der Waals surface area contributed by atoms with E-state index in [-0.39, 0.29) is 5.92 Å². The Morgan fingerprint density at radius 1 is 1.58 bits per heavy atom. The van der Waals surface area contributed by atoms with Gasteiger partial charge >= 0.3 is 0 Å². The Morgan fingerprint density at radius 3 is 2.92 bits per heavy atom. The first kappa shape index (κ1) is 7.51. The van der Waals surface area contributed by atoms with E-state index in [1.165, 1.54) is 0 Å². The topological polar surface area (TPSA) is 89.0 Å². The Balaban J connectivity index is 2.24. The standard InChI is InChI=1S/C6H11N5O/c1-3-4(2-8-9-3)5-6(7)11-12-10-5/h3-4,8-9H,2H2,1H3,(H2,7,11). The number of nitrogen functional groups attached to an aromatic ring is 1. The molecule has 4 N–H and O–H groups in total. The molecule has 0 radical (unpaired) electrons. The lowest BCUT2D eigenvalue weighted by atomic mass is 10.00. The number of hydrogen-bond donors (Lipinski definition) is 3. The maximum atomic E-state index is 5.56. The molecule has 1 fully saturated rings. The minimum absolute atomic E-state index is 0.247. The highest BCUT2D eigenvalue weighted by molar-refractivity contribution is 5.35. The average Bonchev–Trinajstić information content (AvgIpc) is 2.59. The van der Waals surface area contributed by atoms with Crippen LogP contribution in [0.15, 0.2) is 4.63 Å². The number of hydrazine groups is 1. The molecule has 0 saturated carbocycles. The summed E-state index contributed by atoms with van der Waals surface area (Å²) in [6.07, 6.45) is 0. The highest BCUT2D eigenvalue weighted by Gasteiger charge is 2.29. The molecule has 2 atom stereocenters. The zero-order valence-corrected chi connectivity index (χ0v) is 6.74. The molecule has 2 heterocycles. The average molecular weight is 169 g/mol. The second kappa shape index (κ2) is 2.72. The molecule has 6 heteroatoms. The largest absolute Gasteiger partial charge is 0.379 e. The van der Waals surface area contributed by atoms with Crippen LogP contribution < -0.4 is 16.6 Å². The molecule has 2 rings (SSSR count). The number of nitrogens with one attached hydrogen (secondary N) is 2. The molecule has 66 valence electrons. The lowest BCUT2D eigenvalue weighted by molar-refractivity contribution is 0.302. The van der Waals surface area contributed by atoms with Crippen molar-refractivity contribution >= 4 is 5.82 Å². The second-order valence-electron chi connectivity index (χ2n) is 2.96. The van der Waals surface area contributed by atoms with E-state index < -0.39 is 0 Å². The van der Waals surface area contributed by atoms with E-state index in [2.05, 4.69) is 32.7 Å². The van der Waals surface area contributed by atoms with Crippen molar-refractivity contribution in [2.75, 3.05) is 12.3 Å². The number of nitrogens with zero attached hydrogens (tertiary/aromatic N) is 2. The fourth-order valence-corrected chi connectivity index (χ4v) is 1.40. The van der Waals surface area contributed by atoms with Gasteiger partial charge in [0.2, 0.25) is 0 Å². The molecule has 0 spiro atoms. The van der Waals surface area contributed by atoms with E-state index in [0.29, 0.717) is 11.9 Å². The molecule has 2 unspecified atom stereocenters. The molecule has 1 aromatic rings. The quantitative estimate of drug-likeness (QED) is 0.511. The summed E-state index contributed by atoms with van der Waals surface area (Å²) in [6, 6.07) is 0.305. The summed E-state index contributed by atoms with van der Waals surface area (Å²) in [7, 11) is 0. The van der Waals surface area contributed by atoms with Gasteiger partial charge in [0.1, 0.15) is 5.69 Å². The van der Waals surface area contributed by atoms with Crippen molar-refractivity contribution in [1.29, 1.82) is 0 Å². The van der Waals surface area contributed by atoms with Crippen molar-refractivity contribution < 1.29 is 4.63 Å². The molecule has 1 aliphatic heterocycles. The number of rotatable bonds is 1. The van der Waals surface area contributed by atoms with Crippen LogP contribution >= 0.6 is 0 Å². The Hall–Kier alpha value is -1.14. The van der Waals surface area contributed by atoms with Crippen LogP contribution in [0.25, 0.3) is 0 Å². The summed E-state index contributed by atoms with van der Waals surface area (Å²) in [5.74, 6) is 0.633. The maximum absolute atomic E-state index is 5.56. The predicted molar refractivity (Wildman–Crippen MR) is 42.1 cm³/mol. The molecular formula is C6H11N5O. The summed E-state index contributed by atoms with van der Waals surface area (Å²) >= 11 is 0. The molecule has 1 aliphatic rings. The van der Waals surface area contributed by atoms with Crippen LogP contribution in [0.5, 0.6) is 0 Å². The molecule has 12 heavy (non-hydrogen) atoms. The van der Waals surface area contributed by atoms with Gasteiger partial charge in [-0.2, -0.15) is 0 Å². The van der Waals surface area contributed by atoms with Gasteiger partial charge in [-0.1, -0.05) is 5.16 Å². The molecule has 1 aromatic heterocycles. The molecule has 0 amide bonds. The van der Waals surface area contributed by atoms with Gasteiger partial charge in [-0.25, -0.2) is 4.63 Å². The van der Waals surface area contributed by atoms with E-state index in [1.807, 2.05) is 0 Å². The molecular weight excluding hydrogens is 158 g/mol. The van der Waals surface area contributed by atoms with Gasteiger partial charge < -0.3 is 5.73 Å². The second-order valence-corrected chi connectivity index (χ2v) is 2.96. The van der Waals surface area contributed by atoms with Crippen molar-refractivity contribution in [2.24, 2.45) is 0 Å². The third kappa shape index (κ3) is 1.05. The lowest BCUT2D eigenvalue weighted by Gasteiger charge is -2.08. The summed E-state index contributed by atoms with van der Waals surface area (Å²) in [5, 5.41) is 7.29. The fraction of sp³-hybridized carbons (Fsp3) is 0.667. The Kier molecular flexibility index (Phi) is 1.70. The van der Waals surface area contributed by atoms with Crippen LogP contribution in [-0.2, 0) is 0 Å². The first-order valence-electron chi connectivity index (χ1n) is 3.85. The van der Waals surface area contributed by atoms with E-state index in [4.69, 9.17) is 5.73 Å². The number of hydrogen-bond acceptors (Lipinski definition) is 6.